The number of imidazole rings is 1. The van der Waals surface area contributed by atoms with Gasteiger partial charge in [0, 0.05) is 10.0 Å². The summed E-state index contributed by atoms with van der Waals surface area (Å²) in [5.74, 6) is 0. The molecule has 3 nitrogen and oxygen atoms in total. The van der Waals surface area contributed by atoms with Crippen LogP contribution in [0.25, 0.3) is 5.69 Å². The highest BCUT2D eigenvalue weighted by atomic mass is 127. The molecule has 0 amide bonds. The summed E-state index contributed by atoms with van der Waals surface area (Å²) in [5.41, 5.74) is 7.46. The van der Waals surface area contributed by atoms with Crippen LogP contribution in [0.1, 0.15) is 5.56 Å². The van der Waals surface area contributed by atoms with Crippen molar-refractivity contribution in [2.45, 2.75) is 0 Å². The van der Waals surface area contributed by atoms with Crippen LogP contribution in [0.2, 0.25) is 0 Å². The molecular weight excluding hydrogens is 528 g/mol. The molecule has 88 valence electrons. The quantitative estimate of drug-likeness (QED) is 0.475. The highest BCUT2D eigenvalue weighted by Crippen LogP contribution is 2.26. The molecule has 0 aliphatic carbocycles. The van der Waals surface area contributed by atoms with Crippen LogP contribution in [0.15, 0.2) is 29.0 Å². The molecule has 1 aromatic carbocycles. The van der Waals surface area contributed by atoms with Crippen LogP contribution < -0.4 is 5.73 Å². The van der Waals surface area contributed by atoms with Crippen LogP contribution in [0.5, 0.6) is 0 Å². The number of rotatable bonds is 2. The van der Waals surface area contributed by atoms with Gasteiger partial charge in [0.25, 0.3) is 0 Å². The van der Waals surface area contributed by atoms with E-state index in [9.17, 15) is 0 Å². The third-order valence-electron chi connectivity index (χ3n) is 2.16. The van der Waals surface area contributed by atoms with Crippen LogP contribution in [-0.4, -0.2) is 14.5 Å². The molecule has 1 heterocycles. The van der Waals surface area contributed by atoms with Crippen molar-refractivity contribution in [1.82, 2.24) is 9.55 Å². The second-order valence-electron chi connectivity index (χ2n) is 3.23. The van der Waals surface area contributed by atoms with Crippen molar-refractivity contribution in [1.29, 1.82) is 0 Å². The van der Waals surface area contributed by atoms with Crippen molar-refractivity contribution in [3.8, 4) is 5.69 Å². The lowest BCUT2D eigenvalue weighted by atomic mass is 10.2. The molecule has 0 spiro atoms. The Bertz CT molecular complexity index is 597. The van der Waals surface area contributed by atoms with Gasteiger partial charge in [0.1, 0.15) is 18.7 Å². The van der Waals surface area contributed by atoms with E-state index in [-0.39, 0.29) is 0 Å². The number of hydrogen-bond acceptors (Lipinski definition) is 2. The van der Waals surface area contributed by atoms with E-state index in [1.54, 1.807) is 6.33 Å². The topological polar surface area (TPSA) is 43.8 Å². The van der Waals surface area contributed by atoms with E-state index in [4.69, 9.17) is 18.0 Å². The largest absolute Gasteiger partial charge is 0.389 e. The minimum atomic E-state index is 0.396. The predicted octanol–water partition coefficient (Wildman–Crippen LogP) is 3.48. The number of aromatic nitrogens is 2. The van der Waals surface area contributed by atoms with E-state index < -0.39 is 0 Å². The molecule has 0 saturated carbocycles. The maximum absolute atomic E-state index is 5.59. The first-order valence-electron chi connectivity index (χ1n) is 4.48. The highest BCUT2D eigenvalue weighted by molar-refractivity contribution is 14.1. The number of hydrogen-bond donors (Lipinski definition) is 1. The van der Waals surface area contributed by atoms with E-state index in [1.165, 1.54) is 0 Å². The van der Waals surface area contributed by atoms with E-state index in [0.717, 1.165) is 23.1 Å². The Morgan fingerprint density at radius 3 is 2.59 bits per heavy atom. The normalized spacial score (nSPS) is 10.5. The van der Waals surface area contributed by atoms with Crippen molar-refractivity contribution < 1.29 is 0 Å². The fraction of sp³-hybridized carbons (Fsp3) is 0. The van der Waals surface area contributed by atoms with E-state index in [2.05, 4.69) is 66.1 Å². The summed E-state index contributed by atoms with van der Waals surface area (Å²) in [4.78, 5) is 4.66. The third-order valence-corrected chi connectivity index (χ3v) is 5.88. The zero-order valence-corrected chi connectivity index (χ0v) is 15.0. The molecule has 17 heavy (non-hydrogen) atoms. The SMILES string of the molecule is NC(=S)c1ccc(-n2cnc(I)c2I)c(Br)c1. The first-order valence-corrected chi connectivity index (χ1v) is 7.84. The summed E-state index contributed by atoms with van der Waals surface area (Å²) < 4.78 is 5.01. The van der Waals surface area contributed by atoms with Crippen LogP contribution in [-0.2, 0) is 0 Å². The van der Waals surface area contributed by atoms with Crippen molar-refractivity contribution in [3.63, 3.8) is 0 Å². The lowest BCUT2D eigenvalue weighted by Gasteiger charge is -2.08. The van der Waals surface area contributed by atoms with E-state index >= 15 is 0 Å². The lowest BCUT2D eigenvalue weighted by Crippen LogP contribution is -2.09. The Labute approximate surface area is 140 Å². The van der Waals surface area contributed by atoms with Crippen LogP contribution in [0, 0.1) is 7.40 Å². The van der Waals surface area contributed by atoms with Gasteiger partial charge in [-0.15, -0.1) is 0 Å². The molecule has 0 saturated heterocycles. The molecule has 0 unspecified atom stereocenters. The Balaban J connectivity index is 2.54. The Morgan fingerprint density at radius 2 is 2.12 bits per heavy atom. The van der Waals surface area contributed by atoms with Crippen molar-refractivity contribution in [3.05, 3.63) is 42.0 Å². The van der Waals surface area contributed by atoms with Gasteiger partial charge in [-0.3, -0.25) is 4.57 Å². The van der Waals surface area contributed by atoms with Crippen LogP contribution in [0.3, 0.4) is 0 Å². The summed E-state index contributed by atoms with van der Waals surface area (Å²) in [6, 6.07) is 5.80. The Kier molecular flexibility index (Phi) is 4.42. The first kappa shape index (κ1) is 13.7. The van der Waals surface area contributed by atoms with E-state index in [1.807, 2.05) is 22.8 Å². The second-order valence-corrected chi connectivity index (χ2v) is 6.56. The highest BCUT2D eigenvalue weighted by Gasteiger charge is 2.10. The monoisotopic (exact) mass is 533 g/mol. The van der Waals surface area contributed by atoms with Gasteiger partial charge in [-0.05, 0) is 79.3 Å². The van der Waals surface area contributed by atoms with Gasteiger partial charge in [0.2, 0.25) is 0 Å². The zero-order valence-electron chi connectivity index (χ0n) is 8.32. The maximum Gasteiger partial charge on any atom is 0.133 e. The fourth-order valence-electron chi connectivity index (χ4n) is 1.34. The fourth-order valence-corrected chi connectivity index (χ4v) is 2.94. The molecule has 1 aromatic heterocycles. The van der Waals surface area contributed by atoms with Gasteiger partial charge in [-0.2, -0.15) is 0 Å². The molecule has 0 atom stereocenters. The standard InChI is InChI=1S/C10H6BrI2N3S/c11-6-3-5(10(14)17)1-2-7(6)16-4-15-8(12)9(16)13/h1-4H,(H2,14,17). The summed E-state index contributed by atoms with van der Waals surface area (Å²) in [6.45, 7) is 0. The molecule has 0 aliphatic heterocycles. The molecular formula is C10H6BrI2N3S. The molecule has 0 radical (unpaired) electrons. The summed E-state index contributed by atoms with van der Waals surface area (Å²) in [7, 11) is 0. The number of thiocarbonyl (C=S) groups is 1. The molecule has 2 aromatic rings. The smallest absolute Gasteiger partial charge is 0.133 e. The van der Waals surface area contributed by atoms with Gasteiger partial charge in [0.15, 0.2) is 0 Å². The molecule has 0 bridgehead atoms. The molecule has 2 N–H and O–H groups in total. The molecule has 2 rings (SSSR count). The lowest BCUT2D eigenvalue weighted by molar-refractivity contribution is 1.02. The summed E-state index contributed by atoms with van der Waals surface area (Å²) in [6.07, 6.45) is 1.80. The van der Waals surface area contributed by atoms with Gasteiger partial charge in [0.05, 0.1) is 5.69 Å². The second kappa shape index (κ2) is 5.49. The molecule has 7 heteroatoms. The Hall–Kier alpha value is 0.260. The van der Waals surface area contributed by atoms with Crippen LogP contribution in [0.4, 0.5) is 0 Å². The van der Waals surface area contributed by atoms with Gasteiger partial charge in [-0.25, -0.2) is 4.98 Å². The molecule has 0 aliphatic rings. The molecule has 0 fully saturated rings. The number of nitrogens with two attached hydrogens (primary N) is 1. The maximum atomic E-state index is 5.59. The van der Waals surface area contributed by atoms with Crippen molar-refractivity contribution in [2.75, 3.05) is 0 Å². The minimum absolute atomic E-state index is 0.396. The number of nitrogens with zero attached hydrogens (tertiary/aromatic N) is 2. The van der Waals surface area contributed by atoms with E-state index in [0.29, 0.717) is 4.99 Å². The third kappa shape index (κ3) is 2.82. The first-order chi connectivity index (χ1) is 8.00. The zero-order chi connectivity index (χ0) is 12.6. The average molecular weight is 534 g/mol. The minimum Gasteiger partial charge on any atom is -0.389 e. The number of benzene rings is 1. The van der Waals surface area contributed by atoms with Crippen molar-refractivity contribution in [2.24, 2.45) is 5.73 Å². The summed E-state index contributed by atoms with van der Waals surface area (Å²) in [5, 5.41) is 0. The summed E-state index contributed by atoms with van der Waals surface area (Å²) >= 11 is 12.9. The average Bonchev–Trinajstić information content (AvgIpc) is 2.60. The van der Waals surface area contributed by atoms with Crippen molar-refractivity contribution >= 4 is 78.3 Å². The number of halogens is 3. The van der Waals surface area contributed by atoms with Gasteiger partial charge in [-0.1, -0.05) is 12.2 Å². The van der Waals surface area contributed by atoms with Gasteiger partial charge >= 0.3 is 0 Å². The van der Waals surface area contributed by atoms with Gasteiger partial charge < -0.3 is 5.73 Å². The predicted molar refractivity (Wildman–Crippen MR) is 92.6 cm³/mol. The Morgan fingerprint density at radius 1 is 1.41 bits per heavy atom. The van der Waals surface area contributed by atoms with Crippen LogP contribution >= 0.6 is 73.3 Å².